The van der Waals surface area contributed by atoms with Gasteiger partial charge >= 0.3 is 0 Å². The van der Waals surface area contributed by atoms with Crippen molar-refractivity contribution in [1.82, 2.24) is 4.90 Å². The molecule has 0 atom stereocenters. The van der Waals surface area contributed by atoms with E-state index in [4.69, 9.17) is 0 Å². The van der Waals surface area contributed by atoms with Crippen LogP contribution in [0.1, 0.15) is 44.7 Å². The number of hydrogen-bond acceptors (Lipinski definition) is 2. The molecule has 1 aliphatic rings. The maximum absolute atomic E-state index is 10.8. The van der Waals surface area contributed by atoms with Gasteiger partial charge in [-0.3, -0.25) is 0 Å². The van der Waals surface area contributed by atoms with Crippen molar-refractivity contribution in [2.45, 2.75) is 51.7 Å². The molecule has 0 aliphatic carbocycles. The van der Waals surface area contributed by atoms with Crippen molar-refractivity contribution in [1.29, 1.82) is 0 Å². The highest BCUT2D eigenvalue weighted by Crippen LogP contribution is 2.33. The van der Waals surface area contributed by atoms with Gasteiger partial charge in [-0.05, 0) is 44.2 Å². The van der Waals surface area contributed by atoms with Crippen LogP contribution in [0, 0.1) is 0 Å². The van der Waals surface area contributed by atoms with Crippen molar-refractivity contribution in [3.8, 4) is 0 Å². The van der Waals surface area contributed by atoms with Crippen LogP contribution in [0.2, 0.25) is 0 Å². The summed E-state index contributed by atoms with van der Waals surface area (Å²) in [6.45, 7) is 8.59. The lowest BCUT2D eigenvalue weighted by Gasteiger charge is -2.40. The van der Waals surface area contributed by atoms with Gasteiger partial charge in [-0.25, -0.2) is 0 Å². The first kappa shape index (κ1) is 13.6. The molecule has 0 saturated carbocycles. The van der Waals surface area contributed by atoms with E-state index in [-0.39, 0.29) is 0 Å². The van der Waals surface area contributed by atoms with Crippen LogP contribution in [-0.4, -0.2) is 29.1 Å². The molecular formula is C16H25NO. The number of nitrogens with zero attached hydrogens (tertiary/aromatic N) is 1. The Morgan fingerprint density at radius 2 is 1.94 bits per heavy atom. The Balaban J connectivity index is 2.12. The summed E-state index contributed by atoms with van der Waals surface area (Å²) in [4.78, 5) is 2.44. The predicted molar refractivity (Wildman–Crippen MR) is 75.7 cm³/mol. The average Bonchev–Trinajstić information content (AvgIpc) is 2.39. The quantitative estimate of drug-likeness (QED) is 0.887. The third kappa shape index (κ3) is 2.76. The topological polar surface area (TPSA) is 23.5 Å². The fourth-order valence-electron chi connectivity index (χ4n) is 2.78. The largest absolute Gasteiger partial charge is 0.385 e. The van der Waals surface area contributed by atoms with Crippen LogP contribution >= 0.6 is 0 Å². The van der Waals surface area contributed by atoms with Gasteiger partial charge in [0.1, 0.15) is 0 Å². The van der Waals surface area contributed by atoms with Crippen LogP contribution in [0.25, 0.3) is 0 Å². The summed E-state index contributed by atoms with van der Waals surface area (Å²) in [6, 6.07) is 9.03. The van der Waals surface area contributed by atoms with Crippen molar-refractivity contribution in [3.63, 3.8) is 0 Å². The number of aliphatic hydroxyl groups is 1. The summed E-state index contributed by atoms with van der Waals surface area (Å²) in [5.74, 6) is 0. The molecule has 0 bridgehead atoms. The lowest BCUT2D eigenvalue weighted by Crippen LogP contribution is -2.45. The van der Waals surface area contributed by atoms with Crippen LogP contribution in [0.5, 0.6) is 0 Å². The van der Waals surface area contributed by atoms with Gasteiger partial charge in [-0.1, -0.05) is 31.2 Å². The summed E-state index contributed by atoms with van der Waals surface area (Å²) < 4.78 is 0. The summed E-state index contributed by atoms with van der Waals surface area (Å²) in [5.41, 5.74) is 1.80. The molecule has 2 rings (SSSR count). The highest BCUT2D eigenvalue weighted by molar-refractivity contribution is 5.28. The minimum atomic E-state index is -0.615. The molecule has 0 unspecified atom stereocenters. The van der Waals surface area contributed by atoms with Gasteiger partial charge < -0.3 is 10.0 Å². The fraction of sp³-hybridized carbons (Fsp3) is 0.625. The normalized spacial score (nSPS) is 20.3. The van der Waals surface area contributed by atoms with Gasteiger partial charge in [0, 0.05) is 19.1 Å². The van der Waals surface area contributed by atoms with Gasteiger partial charge in [0.15, 0.2) is 0 Å². The minimum absolute atomic E-state index is 0.580. The van der Waals surface area contributed by atoms with E-state index in [1.807, 2.05) is 0 Å². The van der Waals surface area contributed by atoms with Crippen LogP contribution < -0.4 is 0 Å². The molecule has 2 heteroatoms. The molecule has 1 heterocycles. The zero-order valence-electron chi connectivity index (χ0n) is 11.8. The molecule has 0 radical (unpaired) electrons. The lowest BCUT2D eigenvalue weighted by molar-refractivity contribution is -0.0324. The van der Waals surface area contributed by atoms with Crippen LogP contribution in [0.3, 0.4) is 0 Å². The second-order valence-corrected chi connectivity index (χ2v) is 5.72. The monoisotopic (exact) mass is 247 g/mol. The molecule has 1 aliphatic heterocycles. The highest BCUT2D eigenvalue weighted by atomic mass is 16.3. The summed E-state index contributed by atoms with van der Waals surface area (Å²) in [5, 5.41) is 10.8. The van der Waals surface area contributed by atoms with E-state index in [1.165, 1.54) is 5.56 Å². The zero-order chi connectivity index (χ0) is 13.2. The number of rotatable bonds is 3. The van der Waals surface area contributed by atoms with E-state index in [0.29, 0.717) is 6.04 Å². The molecule has 1 fully saturated rings. The number of benzene rings is 1. The van der Waals surface area contributed by atoms with E-state index < -0.39 is 5.60 Å². The second kappa shape index (κ2) is 5.41. The third-order valence-corrected chi connectivity index (χ3v) is 4.23. The Hall–Kier alpha value is -0.860. The smallest absolute Gasteiger partial charge is 0.0921 e. The van der Waals surface area contributed by atoms with Gasteiger partial charge in [-0.2, -0.15) is 0 Å². The fourth-order valence-corrected chi connectivity index (χ4v) is 2.78. The molecule has 0 amide bonds. The predicted octanol–water partition coefficient (Wildman–Crippen LogP) is 2.94. The first-order valence-electron chi connectivity index (χ1n) is 7.11. The van der Waals surface area contributed by atoms with E-state index >= 15 is 0 Å². The van der Waals surface area contributed by atoms with Gasteiger partial charge in [0.05, 0.1) is 5.60 Å². The standard InChI is InChI=1S/C16H25NO/c1-4-14-6-5-7-15(12-14)16(18)8-10-17(11-9-16)13(2)3/h5-7,12-13,18H,4,8-11H2,1-3H3. The summed E-state index contributed by atoms with van der Waals surface area (Å²) in [7, 11) is 0. The lowest BCUT2D eigenvalue weighted by atomic mass is 9.83. The van der Waals surface area contributed by atoms with Crippen molar-refractivity contribution < 1.29 is 5.11 Å². The first-order valence-corrected chi connectivity index (χ1v) is 7.11. The third-order valence-electron chi connectivity index (χ3n) is 4.23. The Labute approximate surface area is 111 Å². The van der Waals surface area contributed by atoms with E-state index in [2.05, 4.69) is 49.9 Å². The van der Waals surface area contributed by atoms with Crippen molar-refractivity contribution in [2.75, 3.05) is 13.1 Å². The molecular weight excluding hydrogens is 222 g/mol. The van der Waals surface area contributed by atoms with Crippen molar-refractivity contribution in [2.24, 2.45) is 0 Å². The molecule has 0 spiro atoms. The van der Waals surface area contributed by atoms with Crippen molar-refractivity contribution in [3.05, 3.63) is 35.4 Å². The maximum atomic E-state index is 10.8. The van der Waals surface area contributed by atoms with Gasteiger partial charge in [0.25, 0.3) is 0 Å². The molecule has 100 valence electrons. The Morgan fingerprint density at radius 3 is 2.50 bits per heavy atom. The molecule has 2 nitrogen and oxygen atoms in total. The molecule has 1 aromatic carbocycles. The molecule has 1 saturated heterocycles. The molecule has 0 aromatic heterocycles. The Morgan fingerprint density at radius 1 is 1.28 bits per heavy atom. The number of likely N-dealkylation sites (tertiary alicyclic amines) is 1. The SMILES string of the molecule is CCc1cccc(C2(O)CCN(C(C)C)CC2)c1. The number of aryl methyl sites for hydroxylation is 1. The van der Waals surface area contributed by atoms with Gasteiger partial charge in [-0.15, -0.1) is 0 Å². The summed E-state index contributed by atoms with van der Waals surface area (Å²) >= 11 is 0. The number of piperidine rings is 1. The zero-order valence-corrected chi connectivity index (χ0v) is 11.8. The summed E-state index contributed by atoms with van der Waals surface area (Å²) in [6.07, 6.45) is 2.72. The van der Waals surface area contributed by atoms with E-state index in [0.717, 1.165) is 37.9 Å². The molecule has 18 heavy (non-hydrogen) atoms. The average molecular weight is 247 g/mol. The van der Waals surface area contributed by atoms with Crippen LogP contribution in [-0.2, 0) is 12.0 Å². The van der Waals surface area contributed by atoms with E-state index in [9.17, 15) is 5.11 Å². The first-order chi connectivity index (χ1) is 8.55. The molecule has 1 aromatic rings. The van der Waals surface area contributed by atoms with Crippen LogP contribution in [0.4, 0.5) is 0 Å². The highest BCUT2D eigenvalue weighted by Gasteiger charge is 2.34. The molecule has 1 N–H and O–H groups in total. The second-order valence-electron chi connectivity index (χ2n) is 5.72. The van der Waals surface area contributed by atoms with Crippen LogP contribution in [0.15, 0.2) is 24.3 Å². The van der Waals surface area contributed by atoms with Crippen molar-refractivity contribution >= 4 is 0 Å². The number of hydrogen-bond donors (Lipinski definition) is 1. The maximum Gasteiger partial charge on any atom is 0.0921 e. The minimum Gasteiger partial charge on any atom is -0.385 e. The van der Waals surface area contributed by atoms with E-state index in [1.54, 1.807) is 0 Å². The van der Waals surface area contributed by atoms with Gasteiger partial charge in [0.2, 0.25) is 0 Å². The Kier molecular flexibility index (Phi) is 4.08. The Bertz CT molecular complexity index is 392.